The number of aliphatic hydroxyl groups is 1. The number of nitrogens with two attached hydrogens (primary N) is 3. The van der Waals surface area contributed by atoms with Crippen molar-refractivity contribution in [3.05, 3.63) is 41.3 Å². The molecule has 1 amide bonds. The minimum atomic E-state index is -1.01. The molecule has 0 fully saturated rings. The van der Waals surface area contributed by atoms with Crippen LogP contribution in [0.25, 0.3) is 0 Å². The Morgan fingerprint density at radius 3 is 2.50 bits per heavy atom. The van der Waals surface area contributed by atoms with Gasteiger partial charge in [0.2, 0.25) is 5.96 Å². The van der Waals surface area contributed by atoms with Gasteiger partial charge < -0.3 is 27.2 Å². The predicted octanol–water partition coefficient (Wildman–Crippen LogP) is 0.993. The van der Waals surface area contributed by atoms with Crippen molar-refractivity contribution in [3.8, 4) is 0 Å². The van der Waals surface area contributed by atoms with E-state index in [1.54, 1.807) is 29.2 Å². The van der Waals surface area contributed by atoms with Gasteiger partial charge in [0.1, 0.15) is 17.2 Å². The Labute approximate surface area is 174 Å². The summed E-state index contributed by atoms with van der Waals surface area (Å²) in [5.41, 5.74) is 18.6. The fraction of sp³-hybridized carbons (Fsp3) is 0.353. The Balaban J connectivity index is 0.00000392. The van der Waals surface area contributed by atoms with Gasteiger partial charge >= 0.3 is 0 Å². The molecule has 0 radical (unpaired) electrons. The molecule has 1 aromatic carbocycles. The van der Waals surface area contributed by atoms with Crippen molar-refractivity contribution >= 4 is 46.7 Å². The molecular weight excluding hydrogens is 405 g/mol. The Morgan fingerprint density at radius 2 is 2.00 bits per heavy atom. The van der Waals surface area contributed by atoms with Gasteiger partial charge in [-0.05, 0) is 24.1 Å². The second kappa shape index (κ2) is 10.3. The highest BCUT2D eigenvalue weighted by molar-refractivity contribution is 6.67. The number of rotatable bonds is 6. The number of nitrogens with zero attached hydrogens (tertiary/aromatic N) is 3. The number of amides is 1. The zero-order valence-electron chi connectivity index (χ0n) is 15.4. The van der Waals surface area contributed by atoms with Crippen molar-refractivity contribution in [2.45, 2.75) is 32.5 Å². The summed E-state index contributed by atoms with van der Waals surface area (Å²) in [5, 5.41) is 17.8. The van der Waals surface area contributed by atoms with Crippen LogP contribution in [0.1, 0.15) is 25.3 Å². The number of guanidine groups is 1. The first-order valence-electron chi connectivity index (χ1n) is 8.46. The summed E-state index contributed by atoms with van der Waals surface area (Å²) in [6, 6.07) is 7.10. The molecule has 1 atom stereocenters. The smallest absolute Gasteiger partial charge is 0.271 e. The zero-order valence-corrected chi connectivity index (χ0v) is 17.0. The summed E-state index contributed by atoms with van der Waals surface area (Å²) in [4.78, 5) is 18.4. The van der Waals surface area contributed by atoms with Crippen LogP contribution in [0.2, 0.25) is 0 Å². The molecule has 154 valence electrons. The highest BCUT2D eigenvalue weighted by Gasteiger charge is 2.34. The van der Waals surface area contributed by atoms with E-state index in [-0.39, 0.29) is 41.7 Å². The van der Waals surface area contributed by atoms with Crippen LogP contribution in [0.3, 0.4) is 0 Å². The number of hydrogen-bond acceptors (Lipinski definition) is 6. The van der Waals surface area contributed by atoms with Crippen LogP contribution in [0.5, 0.6) is 0 Å². The first-order chi connectivity index (χ1) is 12.8. The monoisotopic (exact) mass is 429 g/mol. The summed E-state index contributed by atoms with van der Waals surface area (Å²) in [6.45, 7) is 2.48. The van der Waals surface area contributed by atoms with Gasteiger partial charge in [0.15, 0.2) is 5.70 Å². The number of primary amides is 1. The van der Waals surface area contributed by atoms with Crippen LogP contribution in [-0.2, 0) is 11.4 Å². The Bertz CT molecular complexity index is 780. The number of aliphatic hydroxyl groups excluding tert-OH is 1. The highest BCUT2D eigenvalue weighted by Crippen LogP contribution is 2.23. The van der Waals surface area contributed by atoms with Crippen molar-refractivity contribution in [1.82, 2.24) is 4.90 Å². The SMILES string of the molecule is CCCCN(C(=N)N1C(N)=C(C(N)=O)N=C(Cl)C1N)c1ccc(CO)cc1.Cl. The number of carbonyl (C=O) groups excluding carboxylic acids is 1. The first-order valence-corrected chi connectivity index (χ1v) is 8.83. The topological polar surface area (TPSA) is 158 Å². The number of nitrogens with one attached hydrogen (secondary N) is 1. The molecule has 1 aliphatic heterocycles. The average molecular weight is 430 g/mol. The summed E-state index contributed by atoms with van der Waals surface area (Å²) >= 11 is 6.05. The summed E-state index contributed by atoms with van der Waals surface area (Å²) < 4.78 is 0. The zero-order chi connectivity index (χ0) is 20.1. The van der Waals surface area contributed by atoms with Crippen LogP contribution < -0.4 is 22.1 Å². The van der Waals surface area contributed by atoms with Crippen molar-refractivity contribution < 1.29 is 9.90 Å². The molecule has 9 nitrogen and oxygen atoms in total. The Kier molecular flexibility index (Phi) is 8.70. The number of unbranched alkanes of at least 4 members (excludes halogenated alkanes) is 1. The predicted molar refractivity (Wildman–Crippen MR) is 113 cm³/mol. The van der Waals surface area contributed by atoms with E-state index < -0.39 is 12.1 Å². The van der Waals surface area contributed by atoms with Crippen molar-refractivity contribution in [2.75, 3.05) is 11.4 Å². The molecule has 0 saturated carbocycles. The van der Waals surface area contributed by atoms with Gasteiger partial charge in [0, 0.05) is 12.2 Å². The number of carbonyl (C=O) groups is 1. The Morgan fingerprint density at radius 1 is 1.39 bits per heavy atom. The van der Waals surface area contributed by atoms with Gasteiger partial charge in [-0.25, -0.2) is 4.99 Å². The van der Waals surface area contributed by atoms with Gasteiger partial charge in [-0.15, -0.1) is 12.4 Å². The molecule has 0 spiro atoms. The van der Waals surface area contributed by atoms with E-state index in [2.05, 4.69) is 4.99 Å². The fourth-order valence-corrected chi connectivity index (χ4v) is 2.79. The molecule has 0 aliphatic carbocycles. The molecule has 28 heavy (non-hydrogen) atoms. The van der Waals surface area contributed by atoms with Gasteiger partial charge in [0.05, 0.1) is 6.61 Å². The number of halogens is 2. The lowest BCUT2D eigenvalue weighted by Gasteiger charge is -2.38. The summed E-state index contributed by atoms with van der Waals surface area (Å²) in [7, 11) is 0. The third-order valence-electron chi connectivity index (χ3n) is 4.13. The molecule has 1 heterocycles. The van der Waals surface area contributed by atoms with Crippen LogP contribution >= 0.6 is 24.0 Å². The number of anilines is 1. The molecular formula is C17H25Cl2N7O2. The lowest BCUT2D eigenvalue weighted by molar-refractivity contribution is -0.114. The standard InChI is InChI=1S/C17H24ClN7O2.ClH/c1-2-3-8-24(11-6-4-10(9-26)5-7-11)17(22)25-14(19)12(16(21)27)23-13(18)15(25)20;/h4-7,15,22,26H,2-3,8-9,19-20H2,1H3,(H2,21,27);1H. The third-order valence-corrected chi connectivity index (χ3v) is 4.43. The van der Waals surface area contributed by atoms with E-state index in [1.165, 1.54) is 4.90 Å². The quantitative estimate of drug-likeness (QED) is 0.334. The molecule has 1 aliphatic rings. The van der Waals surface area contributed by atoms with E-state index in [9.17, 15) is 9.90 Å². The normalized spacial score (nSPS) is 16.4. The fourth-order valence-electron chi connectivity index (χ4n) is 2.61. The van der Waals surface area contributed by atoms with Gasteiger partial charge in [-0.3, -0.25) is 15.1 Å². The van der Waals surface area contributed by atoms with Gasteiger partial charge in [-0.1, -0.05) is 37.1 Å². The molecule has 2 rings (SSSR count). The highest BCUT2D eigenvalue weighted by atomic mass is 35.5. The van der Waals surface area contributed by atoms with Crippen molar-refractivity contribution in [2.24, 2.45) is 22.2 Å². The van der Waals surface area contributed by atoms with E-state index in [1.807, 2.05) is 6.92 Å². The van der Waals surface area contributed by atoms with Crippen LogP contribution in [-0.4, -0.2) is 39.8 Å². The first kappa shape index (κ1) is 23.7. The number of benzene rings is 1. The van der Waals surface area contributed by atoms with E-state index in [0.29, 0.717) is 12.2 Å². The molecule has 8 N–H and O–H groups in total. The molecule has 0 saturated heterocycles. The van der Waals surface area contributed by atoms with Crippen LogP contribution in [0.4, 0.5) is 5.69 Å². The van der Waals surface area contributed by atoms with E-state index in [0.717, 1.165) is 18.4 Å². The lowest BCUT2D eigenvalue weighted by atomic mass is 10.2. The molecule has 0 aromatic heterocycles. The maximum atomic E-state index is 11.6. The van der Waals surface area contributed by atoms with Crippen LogP contribution in [0, 0.1) is 5.41 Å². The Hall–Kier alpha value is -2.33. The third kappa shape index (κ3) is 4.93. The summed E-state index contributed by atoms with van der Waals surface area (Å²) in [5.74, 6) is -1.04. The average Bonchev–Trinajstić information content (AvgIpc) is 2.65. The molecule has 11 heteroatoms. The molecule has 1 aromatic rings. The van der Waals surface area contributed by atoms with Crippen molar-refractivity contribution in [1.29, 1.82) is 5.41 Å². The van der Waals surface area contributed by atoms with Crippen LogP contribution in [0.15, 0.2) is 40.8 Å². The minimum absolute atomic E-state index is 0. The van der Waals surface area contributed by atoms with Crippen molar-refractivity contribution in [3.63, 3.8) is 0 Å². The maximum absolute atomic E-state index is 11.6. The molecule has 1 unspecified atom stereocenters. The van der Waals surface area contributed by atoms with Gasteiger partial charge in [0.25, 0.3) is 5.91 Å². The number of aliphatic imine (C=N–C) groups is 1. The minimum Gasteiger partial charge on any atom is -0.392 e. The molecule has 0 bridgehead atoms. The maximum Gasteiger partial charge on any atom is 0.271 e. The lowest BCUT2D eigenvalue weighted by Crippen LogP contribution is -2.58. The van der Waals surface area contributed by atoms with Gasteiger partial charge in [-0.2, -0.15) is 0 Å². The van der Waals surface area contributed by atoms with E-state index >= 15 is 0 Å². The second-order valence-corrected chi connectivity index (χ2v) is 6.39. The largest absolute Gasteiger partial charge is 0.392 e. The van der Waals surface area contributed by atoms with E-state index in [4.69, 9.17) is 34.2 Å². The number of hydrogen-bond donors (Lipinski definition) is 5. The summed E-state index contributed by atoms with van der Waals surface area (Å²) in [6.07, 6.45) is 0.703. The second-order valence-electron chi connectivity index (χ2n) is 6.00.